The summed E-state index contributed by atoms with van der Waals surface area (Å²) < 4.78 is 38.7. The number of nitrogens with one attached hydrogen (secondary N) is 1. The summed E-state index contributed by atoms with van der Waals surface area (Å²) >= 11 is 0. The van der Waals surface area contributed by atoms with Crippen molar-refractivity contribution >= 4 is 5.91 Å². The minimum absolute atomic E-state index is 0.101. The first-order valence-corrected chi connectivity index (χ1v) is 21.4. The summed E-state index contributed by atoms with van der Waals surface area (Å²) in [6, 6.07) is 0. The van der Waals surface area contributed by atoms with Gasteiger partial charge in [-0.1, -0.05) is 194 Å². The average Bonchev–Trinajstić information content (AvgIpc) is 3.06. The molecular formula is C42H84F3N2O+. The fourth-order valence-corrected chi connectivity index (χ4v) is 7.18. The van der Waals surface area contributed by atoms with Crippen molar-refractivity contribution in [3.05, 3.63) is 0 Å². The molecule has 0 aromatic carbocycles. The third-order valence-corrected chi connectivity index (χ3v) is 10.5. The topological polar surface area (TPSA) is 29.1 Å². The number of quaternary nitrogens is 1. The predicted octanol–water partition coefficient (Wildman–Crippen LogP) is 14.0. The van der Waals surface area contributed by atoms with Gasteiger partial charge >= 0.3 is 12.1 Å². The fourth-order valence-electron chi connectivity index (χ4n) is 7.18. The number of nitrogens with zero attached hydrogens (tertiary/aromatic N) is 1. The summed E-state index contributed by atoms with van der Waals surface area (Å²) in [5, 5.41) is 2.07. The lowest BCUT2D eigenvalue weighted by molar-refractivity contribution is -0.910. The van der Waals surface area contributed by atoms with Gasteiger partial charge in [-0.05, 0) is 25.7 Å². The lowest BCUT2D eigenvalue weighted by atomic mass is 10.0. The Labute approximate surface area is 298 Å². The van der Waals surface area contributed by atoms with E-state index >= 15 is 0 Å². The van der Waals surface area contributed by atoms with Gasteiger partial charge in [0.15, 0.2) is 0 Å². The Bertz CT molecular complexity index is 634. The molecule has 0 aliphatic heterocycles. The van der Waals surface area contributed by atoms with Crippen LogP contribution in [-0.4, -0.2) is 49.8 Å². The van der Waals surface area contributed by atoms with Crippen LogP contribution in [0.3, 0.4) is 0 Å². The molecule has 0 bridgehead atoms. The lowest BCUT2D eigenvalue weighted by Crippen LogP contribution is -2.47. The highest BCUT2D eigenvalue weighted by molar-refractivity contribution is 5.81. The number of hydrogen-bond donors (Lipinski definition) is 1. The quantitative estimate of drug-likeness (QED) is 0.0507. The SMILES string of the molecule is CCCCCCCCCCCCCCCCCC[N+](C)(CCCCCCCCCCCCCCCCCC)CCCNC(=O)C(F)(F)F. The molecule has 0 aromatic rings. The minimum atomic E-state index is -4.79. The van der Waals surface area contributed by atoms with Crippen LogP contribution in [0.25, 0.3) is 0 Å². The first-order valence-electron chi connectivity index (χ1n) is 21.4. The molecule has 1 amide bonds. The van der Waals surface area contributed by atoms with Crippen LogP contribution in [-0.2, 0) is 4.79 Å². The molecule has 1 N–H and O–H groups in total. The fraction of sp³-hybridized carbons (Fsp3) is 0.976. The van der Waals surface area contributed by atoms with E-state index in [1.807, 2.05) is 0 Å². The van der Waals surface area contributed by atoms with E-state index in [4.69, 9.17) is 0 Å². The molecule has 0 heterocycles. The zero-order valence-electron chi connectivity index (χ0n) is 32.7. The number of halogens is 3. The first-order chi connectivity index (χ1) is 23.2. The summed E-state index contributed by atoms with van der Waals surface area (Å²) in [7, 11) is 2.28. The van der Waals surface area contributed by atoms with Crippen LogP contribution in [0, 0.1) is 0 Å². The van der Waals surface area contributed by atoms with Crippen molar-refractivity contribution in [3.8, 4) is 0 Å². The number of amides is 1. The zero-order valence-corrected chi connectivity index (χ0v) is 32.7. The highest BCUT2D eigenvalue weighted by Gasteiger charge is 2.38. The normalized spacial score (nSPS) is 12.2. The van der Waals surface area contributed by atoms with Gasteiger partial charge in [-0.3, -0.25) is 4.79 Å². The summed E-state index contributed by atoms with van der Waals surface area (Å²) in [4.78, 5) is 11.2. The van der Waals surface area contributed by atoms with E-state index in [1.165, 1.54) is 205 Å². The van der Waals surface area contributed by atoms with Gasteiger partial charge in [0.25, 0.3) is 0 Å². The number of carbonyl (C=O) groups is 1. The number of alkyl halides is 3. The van der Waals surface area contributed by atoms with E-state index in [0.29, 0.717) is 6.42 Å². The van der Waals surface area contributed by atoms with E-state index in [9.17, 15) is 18.0 Å². The Balaban J connectivity index is 4.04. The van der Waals surface area contributed by atoms with Crippen LogP contribution in [0.1, 0.15) is 226 Å². The van der Waals surface area contributed by atoms with E-state index in [0.717, 1.165) is 24.1 Å². The van der Waals surface area contributed by atoms with Gasteiger partial charge in [-0.2, -0.15) is 13.2 Å². The van der Waals surface area contributed by atoms with Gasteiger partial charge in [0.05, 0.1) is 26.7 Å². The lowest BCUT2D eigenvalue weighted by Gasteiger charge is -2.35. The van der Waals surface area contributed by atoms with Gasteiger partial charge in [-0.25, -0.2) is 0 Å². The summed E-state index contributed by atoms with van der Waals surface area (Å²) in [5.74, 6) is -1.81. The third kappa shape index (κ3) is 33.7. The first kappa shape index (κ1) is 47.2. The van der Waals surface area contributed by atoms with Crippen LogP contribution in [0.4, 0.5) is 13.2 Å². The molecule has 0 aliphatic rings. The maximum absolute atomic E-state index is 12.6. The predicted molar refractivity (Wildman–Crippen MR) is 204 cm³/mol. The van der Waals surface area contributed by atoms with E-state index in [2.05, 4.69) is 26.2 Å². The van der Waals surface area contributed by atoms with Crippen LogP contribution in [0.2, 0.25) is 0 Å². The summed E-state index contributed by atoms with van der Waals surface area (Å²) in [5.41, 5.74) is 0. The van der Waals surface area contributed by atoms with Crippen LogP contribution < -0.4 is 5.32 Å². The largest absolute Gasteiger partial charge is 0.471 e. The molecule has 0 saturated carbocycles. The zero-order chi connectivity index (χ0) is 35.4. The van der Waals surface area contributed by atoms with Gasteiger partial charge in [0.1, 0.15) is 0 Å². The second-order valence-corrected chi connectivity index (χ2v) is 15.5. The molecule has 3 nitrogen and oxygen atoms in total. The summed E-state index contributed by atoms with van der Waals surface area (Å²) in [6.07, 6.45) is 39.3. The molecule has 0 spiro atoms. The monoisotopic (exact) mass is 690 g/mol. The van der Waals surface area contributed by atoms with Gasteiger partial charge in [0, 0.05) is 13.0 Å². The Morgan fingerprint density at radius 2 is 0.646 bits per heavy atom. The van der Waals surface area contributed by atoms with Crippen molar-refractivity contribution in [1.82, 2.24) is 5.32 Å². The molecule has 0 unspecified atom stereocenters. The van der Waals surface area contributed by atoms with E-state index in [-0.39, 0.29) is 6.54 Å². The number of rotatable bonds is 38. The van der Waals surface area contributed by atoms with E-state index in [1.54, 1.807) is 0 Å². The molecule has 0 aliphatic carbocycles. The molecule has 0 atom stereocenters. The Hall–Kier alpha value is -0.780. The third-order valence-electron chi connectivity index (χ3n) is 10.5. The molecule has 0 aromatic heterocycles. The smallest absolute Gasteiger partial charge is 0.348 e. The highest BCUT2D eigenvalue weighted by Crippen LogP contribution is 2.18. The Morgan fingerprint density at radius 3 is 0.896 bits per heavy atom. The number of carbonyl (C=O) groups excluding carboxylic acids is 1. The van der Waals surface area contributed by atoms with Crippen molar-refractivity contribution in [3.63, 3.8) is 0 Å². The van der Waals surface area contributed by atoms with Crippen molar-refractivity contribution in [2.45, 2.75) is 232 Å². The molecule has 288 valence electrons. The molecule has 0 rings (SSSR count). The maximum atomic E-state index is 12.6. The second-order valence-electron chi connectivity index (χ2n) is 15.5. The molecule has 0 radical (unpaired) electrons. The highest BCUT2D eigenvalue weighted by atomic mass is 19.4. The van der Waals surface area contributed by atoms with Crippen molar-refractivity contribution in [2.75, 3.05) is 33.2 Å². The number of unbranched alkanes of at least 4 members (excludes halogenated alkanes) is 30. The maximum Gasteiger partial charge on any atom is 0.471 e. The molecule has 0 saturated heterocycles. The summed E-state index contributed by atoms with van der Waals surface area (Å²) in [6.45, 7) is 7.66. The molecule has 6 heteroatoms. The minimum Gasteiger partial charge on any atom is -0.348 e. The van der Waals surface area contributed by atoms with Crippen molar-refractivity contribution in [1.29, 1.82) is 0 Å². The standard InChI is InChI=1S/C42H83F3N2O/c1-4-6-8-10-12-14-16-18-20-22-24-26-28-30-32-34-38-47(3,40-36-37-46-41(48)42(43,44)45)39-35-33-31-29-27-25-23-21-19-17-15-13-11-9-7-5-2/h4-40H2,1-3H3/p+1. The van der Waals surface area contributed by atoms with Gasteiger partial charge in [0.2, 0.25) is 0 Å². The van der Waals surface area contributed by atoms with Crippen LogP contribution in [0.15, 0.2) is 0 Å². The Kier molecular flexibility index (Phi) is 34.1. The van der Waals surface area contributed by atoms with Crippen LogP contribution >= 0.6 is 0 Å². The molecular weight excluding hydrogens is 605 g/mol. The van der Waals surface area contributed by atoms with E-state index < -0.39 is 12.1 Å². The molecule has 0 fully saturated rings. The second kappa shape index (κ2) is 34.7. The van der Waals surface area contributed by atoms with Gasteiger partial charge in [-0.15, -0.1) is 0 Å². The Morgan fingerprint density at radius 1 is 0.417 bits per heavy atom. The number of hydrogen-bond acceptors (Lipinski definition) is 1. The van der Waals surface area contributed by atoms with Crippen molar-refractivity contribution in [2.24, 2.45) is 0 Å². The van der Waals surface area contributed by atoms with Gasteiger partial charge < -0.3 is 9.80 Å². The average molecular weight is 690 g/mol. The van der Waals surface area contributed by atoms with Crippen molar-refractivity contribution < 1.29 is 22.4 Å². The van der Waals surface area contributed by atoms with Crippen LogP contribution in [0.5, 0.6) is 0 Å². The molecule has 48 heavy (non-hydrogen) atoms.